The first kappa shape index (κ1) is 23.9. The van der Waals surface area contributed by atoms with Crippen molar-refractivity contribution < 1.29 is 14.2 Å². The number of hydrogen-bond acceptors (Lipinski definition) is 6. The van der Waals surface area contributed by atoms with Gasteiger partial charge in [0, 0.05) is 24.0 Å². The number of nitrogens with zero attached hydrogens (tertiary/aromatic N) is 3. The minimum atomic E-state index is -0.304. The van der Waals surface area contributed by atoms with Gasteiger partial charge in [-0.05, 0) is 37.1 Å². The van der Waals surface area contributed by atoms with E-state index in [-0.39, 0.29) is 22.4 Å². The van der Waals surface area contributed by atoms with Crippen LogP contribution in [-0.2, 0) is 7.05 Å². The van der Waals surface area contributed by atoms with Crippen LogP contribution in [-0.4, -0.2) is 35.4 Å². The maximum atomic E-state index is 14.2. The molecular weight excluding hydrogens is 458 g/mol. The Morgan fingerprint density at radius 1 is 0.889 bits per heavy atom. The molecule has 2 heterocycles. The molecular formula is C28H31N3O5. The zero-order chi connectivity index (χ0) is 25.4. The number of aryl methyl sites for hydroxylation is 1. The summed E-state index contributed by atoms with van der Waals surface area (Å²) < 4.78 is 20.2. The number of hydrogen-bond donors (Lipinski definition) is 0. The highest BCUT2D eigenvalue weighted by molar-refractivity contribution is 5.92. The van der Waals surface area contributed by atoms with Crippen LogP contribution in [0.2, 0.25) is 0 Å². The number of pyridine rings is 1. The van der Waals surface area contributed by atoms with E-state index in [4.69, 9.17) is 19.2 Å². The van der Waals surface area contributed by atoms with Gasteiger partial charge in [-0.25, -0.2) is 4.98 Å². The molecule has 188 valence electrons. The molecule has 36 heavy (non-hydrogen) atoms. The fraction of sp³-hybridized carbons (Fsp3) is 0.393. The van der Waals surface area contributed by atoms with Gasteiger partial charge in [0.05, 0.1) is 26.8 Å². The van der Waals surface area contributed by atoms with Crippen molar-refractivity contribution in [1.82, 2.24) is 14.1 Å². The third-order valence-electron chi connectivity index (χ3n) is 7.26. The van der Waals surface area contributed by atoms with Crippen LogP contribution in [0, 0.1) is 0 Å². The molecule has 0 radical (unpaired) electrons. The molecule has 2 aromatic carbocycles. The molecule has 0 bridgehead atoms. The van der Waals surface area contributed by atoms with Gasteiger partial charge in [0.1, 0.15) is 11.2 Å². The lowest BCUT2D eigenvalue weighted by atomic mass is 10.1. The lowest BCUT2D eigenvalue weighted by Gasteiger charge is -2.23. The normalized spacial score (nSPS) is 14.7. The van der Waals surface area contributed by atoms with Gasteiger partial charge in [-0.15, -0.1) is 0 Å². The fourth-order valence-corrected chi connectivity index (χ4v) is 5.44. The Kier molecular flexibility index (Phi) is 6.43. The molecule has 1 aliphatic rings. The van der Waals surface area contributed by atoms with Crippen LogP contribution in [0.4, 0.5) is 0 Å². The van der Waals surface area contributed by atoms with Crippen LogP contribution < -0.4 is 25.2 Å². The van der Waals surface area contributed by atoms with E-state index in [1.54, 1.807) is 44.1 Å². The van der Waals surface area contributed by atoms with Gasteiger partial charge in [0.2, 0.25) is 11.2 Å². The van der Waals surface area contributed by atoms with E-state index in [0.29, 0.717) is 39.7 Å². The van der Waals surface area contributed by atoms with E-state index in [2.05, 4.69) is 0 Å². The quantitative estimate of drug-likeness (QED) is 0.295. The van der Waals surface area contributed by atoms with E-state index in [1.807, 2.05) is 29.8 Å². The maximum absolute atomic E-state index is 14.2. The molecule has 0 amide bonds. The summed E-state index contributed by atoms with van der Waals surface area (Å²) in [4.78, 5) is 32.8. The molecule has 0 N–H and O–H groups in total. The van der Waals surface area contributed by atoms with E-state index >= 15 is 0 Å². The van der Waals surface area contributed by atoms with Gasteiger partial charge in [-0.3, -0.25) is 14.2 Å². The first-order valence-electron chi connectivity index (χ1n) is 12.3. The van der Waals surface area contributed by atoms with Crippen molar-refractivity contribution in [3.05, 3.63) is 57.0 Å². The Balaban J connectivity index is 1.91. The van der Waals surface area contributed by atoms with Crippen LogP contribution in [0.1, 0.15) is 44.6 Å². The van der Waals surface area contributed by atoms with Crippen molar-refractivity contribution >= 4 is 21.9 Å². The number of rotatable bonds is 5. The fourth-order valence-electron chi connectivity index (χ4n) is 5.44. The summed E-state index contributed by atoms with van der Waals surface area (Å²) in [6.07, 6.45) is 6.05. The van der Waals surface area contributed by atoms with Crippen LogP contribution in [0.15, 0.2) is 46.0 Å². The van der Waals surface area contributed by atoms with Crippen molar-refractivity contribution in [2.75, 3.05) is 21.3 Å². The zero-order valence-electron chi connectivity index (χ0n) is 21.2. The molecule has 0 spiro atoms. The molecule has 1 fully saturated rings. The second kappa shape index (κ2) is 9.68. The summed E-state index contributed by atoms with van der Waals surface area (Å²) in [5.74, 6) is 1.90. The van der Waals surface area contributed by atoms with E-state index in [0.717, 1.165) is 44.0 Å². The smallest absolute Gasteiger partial charge is 0.267 e. The minimum absolute atomic E-state index is 0.0535. The standard InChI is InChI=1S/C28H31N3O5/c1-30-20-14-10-9-13-19(20)24(32)23-27(30)29-26(31(28(23)33)18-11-7-5-6-8-12-18)17-15-21(34-2)25(36-4)22(16-17)35-3/h9-10,13-16,18H,5-8,11-12H2,1-4H3. The number of fused-ring (bicyclic) bond motifs is 2. The number of aromatic nitrogens is 3. The van der Waals surface area contributed by atoms with Crippen molar-refractivity contribution in [2.24, 2.45) is 7.05 Å². The first-order valence-corrected chi connectivity index (χ1v) is 12.3. The summed E-state index contributed by atoms with van der Waals surface area (Å²) in [6.45, 7) is 0. The molecule has 8 nitrogen and oxygen atoms in total. The van der Waals surface area contributed by atoms with Gasteiger partial charge in [0.15, 0.2) is 17.1 Å². The molecule has 4 aromatic rings. The average Bonchev–Trinajstić information content (AvgIpc) is 3.19. The number of para-hydroxylation sites is 1. The van der Waals surface area contributed by atoms with Gasteiger partial charge in [-0.2, -0.15) is 0 Å². The van der Waals surface area contributed by atoms with E-state index in [9.17, 15) is 9.59 Å². The lowest BCUT2D eigenvalue weighted by Crippen LogP contribution is -2.32. The highest BCUT2D eigenvalue weighted by Gasteiger charge is 2.26. The molecule has 1 saturated carbocycles. The van der Waals surface area contributed by atoms with E-state index in [1.165, 1.54) is 0 Å². The predicted octanol–water partition coefficient (Wildman–Crippen LogP) is 4.84. The second-order valence-corrected chi connectivity index (χ2v) is 9.27. The Hall–Kier alpha value is -3.81. The first-order chi connectivity index (χ1) is 17.5. The third kappa shape index (κ3) is 3.81. The largest absolute Gasteiger partial charge is 0.493 e. The Morgan fingerprint density at radius 3 is 2.14 bits per heavy atom. The van der Waals surface area contributed by atoms with Crippen LogP contribution in [0.3, 0.4) is 0 Å². The van der Waals surface area contributed by atoms with Crippen molar-refractivity contribution in [2.45, 2.75) is 44.6 Å². The molecule has 2 aromatic heterocycles. The molecule has 1 aliphatic carbocycles. The van der Waals surface area contributed by atoms with E-state index < -0.39 is 0 Å². The van der Waals surface area contributed by atoms with Gasteiger partial charge >= 0.3 is 0 Å². The third-order valence-corrected chi connectivity index (χ3v) is 7.26. The van der Waals surface area contributed by atoms with Crippen LogP contribution >= 0.6 is 0 Å². The molecule has 5 rings (SSSR count). The SMILES string of the molecule is COc1cc(-c2nc3c(c(=O)c4ccccc4n3C)c(=O)n2C2CCCCCC2)cc(OC)c1OC. The summed E-state index contributed by atoms with van der Waals surface area (Å²) in [7, 11) is 6.51. The maximum Gasteiger partial charge on any atom is 0.267 e. The van der Waals surface area contributed by atoms with Crippen LogP contribution in [0.25, 0.3) is 33.3 Å². The van der Waals surface area contributed by atoms with Gasteiger partial charge in [0.25, 0.3) is 5.56 Å². The summed E-state index contributed by atoms with van der Waals surface area (Å²) in [5.41, 5.74) is 1.16. The predicted molar refractivity (Wildman–Crippen MR) is 141 cm³/mol. The van der Waals surface area contributed by atoms with Crippen molar-refractivity contribution in [1.29, 1.82) is 0 Å². The summed E-state index contributed by atoms with van der Waals surface area (Å²) in [5, 5.41) is 0.635. The van der Waals surface area contributed by atoms with Gasteiger partial charge < -0.3 is 18.8 Å². The van der Waals surface area contributed by atoms with Gasteiger partial charge in [-0.1, -0.05) is 37.8 Å². The zero-order valence-corrected chi connectivity index (χ0v) is 21.2. The van der Waals surface area contributed by atoms with Crippen molar-refractivity contribution in [3.63, 3.8) is 0 Å². The lowest BCUT2D eigenvalue weighted by molar-refractivity contribution is 0.324. The van der Waals surface area contributed by atoms with Crippen LogP contribution in [0.5, 0.6) is 17.2 Å². The average molecular weight is 490 g/mol. The molecule has 0 aliphatic heterocycles. The summed E-state index contributed by atoms with van der Waals surface area (Å²) in [6, 6.07) is 10.9. The topological polar surface area (TPSA) is 84.6 Å². The molecule has 0 unspecified atom stereocenters. The minimum Gasteiger partial charge on any atom is -0.493 e. The molecule has 0 atom stereocenters. The highest BCUT2D eigenvalue weighted by Crippen LogP contribution is 2.41. The number of methoxy groups -OCH3 is 3. The number of ether oxygens (including phenoxy) is 3. The van der Waals surface area contributed by atoms with Crippen molar-refractivity contribution in [3.8, 4) is 28.6 Å². The number of benzene rings is 2. The second-order valence-electron chi connectivity index (χ2n) is 9.27. The monoisotopic (exact) mass is 489 g/mol. The summed E-state index contributed by atoms with van der Waals surface area (Å²) >= 11 is 0. The Labute approximate surface area is 209 Å². The molecule has 0 saturated heterocycles. The molecule has 8 heteroatoms. The Morgan fingerprint density at radius 2 is 1.53 bits per heavy atom. The Bertz CT molecular complexity index is 1540. The highest BCUT2D eigenvalue weighted by atomic mass is 16.5.